The number of nitrogens with zero attached hydrogens (tertiary/aromatic N) is 4. The lowest BCUT2D eigenvalue weighted by molar-refractivity contribution is 0.924. The molecule has 5 rings (SSSR count). The van der Waals surface area contributed by atoms with E-state index in [1.165, 1.54) is 15.0 Å². The number of hydrogen-bond acceptors (Lipinski definition) is 5. The molecule has 116 valence electrons. The van der Waals surface area contributed by atoms with Gasteiger partial charge in [0.1, 0.15) is 16.9 Å². The van der Waals surface area contributed by atoms with E-state index in [-0.39, 0.29) is 0 Å². The standard InChI is InChI=1S/C18H12N4S2/c1-22-10-21-16(14-6-11-4-2-3-5-13(11)23-14)17(22)15-7-12-8-19-9-20-18(12)24-15/h2-10H,1H3. The molecule has 5 aromatic rings. The Kier molecular flexibility index (Phi) is 3.01. The van der Waals surface area contributed by atoms with Gasteiger partial charge in [0.2, 0.25) is 0 Å². The molecule has 0 bridgehead atoms. The molecular weight excluding hydrogens is 336 g/mol. The highest BCUT2D eigenvalue weighted by Crippen LogP contribution is 2.40. The second kappa shape index (κ2) is 5.22. The summed E-state index contributed by atoms with van der Waals surface area (Å²) >= 11 is 3.46. The van der Waals surface area contributed by atoms with Crippen molar-refractivity contribution in [3.8, 4) is 21.1 Å². The maximum absolute atomic E-state index is 4.67. The van der Waals surface area contributed by atoms with Gasteiger partial charge in [-0.3, -0.25) is 0 Å². The molecule has 0 aliphatic carbocycles. The molecule has 6 heteroatoms. The molecule has 4 nitrogen and oxygen atoms in total. The van der Waals surface area contributed by atoms with Crippen molar-refractivity contribution in [1.29, 1.82) is 0 Å². The largest absolute Gasteiger partial charge is 0.333 e. The second-order valence-corrected chi connectivity index (χ2v) is 7.71. The number of fused-ring (bicyclic) bond motifs is 2. The summed E-state index contributed by atoms with van der Waals surface area (Å²) in [7, 11) is 2.04. The molecular formula is C18H12N4S2. The molecule has 0 saturated heterocycles. The zero-order valence-electron chi connectivity index (χ0n) is 12.8. The predicted octanol–water partition coefficient (Wildman–Crippen LogP) is 4.97. The number of thiophene rings is 2. The Bertz CT molecular complexity index is 1120. The van der Waals surface area contributed by atoms with Gasteiger partial charge in [0.25, 0.3) is 0 Å². The van der Waals surface area contributed by atoms with Gasteiger partial charge in [0.15, 0.2) is 0 Å². The number of hydrogen-bond donors (Lipinski definition) is 0. The van der Waals surface area contributed by atoms with E-state index in [0.29, 0.717) is 0 Å². The molecule has 0 radical (unpaired) electrons. The normalized spacial score (nSPS) is 11.5. The van der Waals surface area contributed by atoms with Crippen molar-refractivity contribution in [2.45, 2.75) is 0 Å². The predicted molar refractivity (Wildman–Crippen MR) is 100 cm³/mol. The summed E-state index contributed by atoms with van der Waals surface area (Å²) in [6.07, 6.45) is 5.34. The lowest BCUT2D eigenvalue weighted by atomic mass is 10.2. The fourth-order valence-corrected chi connectivity index (χ4v) is 5.03. The third kappa shape index (κ3) is 2.07. The van der Waals surface area contributed by atoms with Crippen molar-refractivity contribution in [3.63, 3.8) is 0 Å². The van der Waals surface area contributed by atoms with Crippen LogP contribution in [0.5, 0.6) is 0 Å². The zero-order chi connectivity index (χ0) is 16.1. The van der Waals surface area contributed by atoms with Crippen LogP contribution in [0, 0.1) is 0 Å². The van der Waals surface area contributed by atoms with Crippen LogP contribution in [0.15, 0.2) is 55.2 Å². The lowest BCUT2D eigenvalue weighted by Crippen LogP contribution is -1.88. The zero-order valence-corrected chi connectivity index (χ0v) is 14.4. The number of aromatic nitrogens is 4. The average molecular weight is 348 g/mol. The van der Waals surface area contributed by atoms with E-state index < -0.39 is 0 Å². The van der Waals surface area contributed by atoms with Gasteiger partial charge in [0, 0.05) is 23.3 Å². The van der Waals surface area contributed by atoms with Crippen LogP contribution in [-0.2, 0) is 7.05 Å². The van der Waals surface area contributed by atoms with E-state index in [2.05, 4.69) is 55.9 Å². The van der Waals surface area contributed by atoms with Crippen molar-refractivity contribution in [1.82, 2.24) is 19.5 Å². The summed E-state index contributed by atoms with van der Waals surface area (Å²) in [5.74, 6) is 0. The fourth-order valence-electron chi connectivity index (χ4n) is 2.90. The van der Waals surface area contributed by atoms with Crippen molar-refractivity contribution in [2.24, 2.45) is 7.05 Å². The molecule has 0 atom stereocenters. The third-order valence-electron chi connectivity index (χ3n) is 4.02. The summed E-state index contributed by atoms with van der Waals surface area (Å²) < 4.78 is 3.36. The van der Waals surface area contributed by atoms with Crippen LogP contribution in [-0.4, -0.2) is 19.5 Å². The van der Waals surface area contributed by atoms with Gasteiger partial charge in [-0.25, -0.2) is 15.0 Å². The van der Waals surface area contributed by atoms with Crippen LogP contribution < -0.4 is 0 Å². The molecule has 0 unspecified atom stereocenters. The number of imidazole rings is 1. The Balaban J connectivity index is 1.73. The molecule has 0 amide bonds. The van der Waals surface area contributed by atoms with Crippen molar-refractivity contribution in [3.05, 3.63) is 55.2 Å². The Morgan fingerprint density at radius 3 is 2.71 bits per heavy atom. The van der Waals surface area contributed by atoms with Crippen LogP contribution in [0.4, 0.5) is 0 Å². The summed E-state index contributed by atoms with van der Waals surface area (Å²) in [6.45, 7) is 0. The smallest absolute Gasteiger partial charge is 0.127 e. The number of benzene rings is 1. The summed E-state index contributed by atoms with van der Waals surface area (Å²) in [5.41, 5.74) is 2.16. The number of rotatable bonds is 2. The Hall–Kier alpha value is -2.57. The van der Waals surface area contributed by atoms with E-state index in [9.17, 15) is 0 Å². The van der Waals surface area contributed by atoms with Crippen LogP contribution in [0.25, 0.3) is 41.4 Å². The van der Waals surface area contributed by atoms with E-state index in [4.69, 9.17) is 0 Å². The van der Waals surface area contributed by atoms with Gasteiger partial charge in [-0.2, -0.15) is 0 Å². The van der Waals surface area contributed by atoms with Gasteiger partial charge >= 0.3 is 0 Å². The second-order valence-electron chi connectivity index (χ2n) is 5.60. The Morgan fingerprint density at radius 2 is 1.83 bits per heavy atom. The summed E-state index contributed by atoms with van der Waals surface area (Å²) in [4.78, 5) is 16.5. The molecule has 0 aliphatic heterocycles. The Morgan fingerprint density at radius 1 is 0.958 bits per heavy atom. The molecule has 0 N–H and O–H groups in total. The maximum atomic E-state index is 4.67. The van der Waals surface area contributed by atoms with Crippen molar-refractivity contribution < 1.29 is 0 Å². The topological polar surface area (TPSA) is 43.6 Å². The third-order valence-corrected chi connectivity index (χ3v) is 6.21. The van der Waals surface area contributed by atoms with Gasteiger partial charge in [-0.15, -0.1) is 22.7 Å². The first-order valence-corrected chi connectivity index (χ1v) is 9.13. The minimum absolute atomic E-state index is 1.00. The molecule has 0 spiro atoms. The van der Waals surface area contributed by atoms with Gasteiger partial charge in [-0.1, -0.05) is 18.2 Å². The number of aryl methyl sites for hydroxylation is 1. The highest BCUT2D eigenvalue weighted by molar-refractivity contribution is 7.23. The maximum Gasteiger partial charge on any atom is 0.127 e. The van der Waals surface area contributed by atoms with Crippen LogP contribution >= 0.6 is 22.7 Å². The SMILES string of the molecule is Cn1cnc(-c2cc3ccccc3s2)c1-c1cc2cncnc2s1. The fraction of sp³-hybridized carbons (Fsp3) is 0.0556. The summed E-state index contributed by atoms with van der Waals surface area (Å²) in [5, 5.41) is 2.33. The monoisotopic (exact) mass is 348 g/mol. The van der Waals surface area contributed by atoms with E-state index >= 15 is 0 Å². The molecule has 24 heavy (non-hydrogen) atoms. The first-order valence-electron chi connectivity index (χ1n) is 7.50. The van der Waals surface area contributed by atoms with Crippen LogP contribution in [0.2, 0.25) is 0 Å². The van der Waals surface area contributed by atoms with E-state index in [0.717, 1.165) is 26.5 Å². The molecule has 0 saturated carbocycles. The average Bonchev–Trinajstić information content (AvgIpc) is 3.29. The van der Waals surface area contributed by atoms with E-state index in [1.54, 1.807) is 29.0 Å². The molecule has 0 aliphatic rings. The Labute approximate surface area is 146 Å². The summed E-state index contributed by atoms with van der Waals surface area (Å²) in [6, 6.07) is 12.8. The molecule has 0 fully saturated rings. The van der Waals surface area contributed by atoms with Crippen molar-refractivity contribution in [2.75, 3.05) is 0 Å². The van der Waals surface area contributed by atoms with Gasteiger partial charge in [-0.05, 0) is 23.6 Å². The van der Waals surface area contributed by atoms with Gasteiger partial charge in [0.05, 0.1) is 21.8 Å². The first kappa shape index (κ1) is 13.8. The van der Waals surface area contributed by atoms with Crippen molar-refractivity contribution >= 4 is 43.0 Å². The molecule has 4 aromatic heterocycles. The highest BCUT2D eigenvalue weighted by Gasteiger charge is 2.18. The minimum Gasteiger partial charge on any atom is -0.333 e. The highest BCUT2D eigenvalue weighted by atomic mass is 32.1. The first-order chi connectivity index (χ1) is 11.8. The van der Waals surface area contributed by atoms with Gasteiger partial charge < -0.3 is 4.57 Å². The lowest BCUT2D eigenvalue weighted by Gasteiger charge is -2.01. The quantitative estimate of drug-likeness (QED) is 0.452. The minimum atomic E-state index is 1.00. The van der Waals surface area contributed by atoms with E-state index in [1.807, 2.05) is 19.6 Å². The molecule has 1 aromatic carbocycles. The van der Waals surface area contributed by atoms with Crippen LogP contribution in [0.1, 0.15) is 0 Å². The molecule has 4 heterocycles. The van der Waals surface area contributed by atoms with Crippen LogP contribution in [0.3, 0.4) is 0 Å².